The minimum absolute atomic E-state index is 0.0694. The quantitative estimate of drug-likeness (QED) is 0.298. The molecule has 0 aromatic heterocycles. The second-order valence-corrected chi connectivity index (χ2v) is 5.54. The monoisotopic (exact) mass is 309 g/mol. The maximum absolute atomic E-state index is 11.9. The third kappa shape index (κ3) is 2.96. The Kier molecular flexibility index (Phi) is 4.39. The summed E-state index contributed by atoms with van der Waals surface area (Å²) in [5, 5.41) is 10.2. The van der Waals surface area contributed by atoms with Gasteiger partial charge in [-0.1, -0.05) is 18.2 Å². The first-order chi connectivity index (χ1) is 9.95. The number of carbonyl (C=O) groups excluding carboxylic acids is 1. The van der Waals surface area contributed by atoms with Gasteiger partial charge in [0.1, 0.15) is 16.7 Å². The molecule has 1 aliphatic heterocycles. The zero-order valence-electron chi connectivity index (χ0n) is 11.3. The molecule has 1 heterocycles. The number of ether oxygens (including phenoxy) is 1. The highest BCUT2D eigenvalue weighted by atomic mass is 32.2. The normalized spacial score (nSPS) is 21.1. The lowest BCUT2D eigenvalue weighted by atomic mass is 9.88. The van der Waals surface area contributed by atoms with Crippen LogP contribution in [-0.4, -0.2) is 38.9 Å². The second-order valence-electron chi connectivity index (χ2n) is 4.63. The van der Waals surface area contributed by atoms with E-state index in [1.807, 2.05) is 0 Å². The lowest BCUT2D eigenvalue weighted by molar-refractivity contribution is -0.143. The molecular formula is C13H15N3O4S. The number of methoxy groups -OCH3 is 1. The smallest absolute Gasteiger partial charge is 0.315 e. The molecule has 2 atom stereocenters. The topological polar surface area (TPSA) is 122 Å². The van der Waals surface area contributed by atoms with Crippen LogP contribution in [-0.2, 0) is 19.8 Å². The van der Waals surface area contributed by atoms with Gasteiger partial charge >= 0.3 is 5.97 Å². The van der Waals surface area contributed by atoms with Crippen molar-refractivity contribution in [2.75, 3.05) is 13.7 Å². The van der Waals surface area contributed by atoms with Crippen molar-refractivity contribution in [3.63, 3.8) is 0 Å². The molecule has 0 radical (unpaired) electrons. The van der Waals surface area contributed by atoms with E-state index < -0.39 is 22.2 Å². The minimum Gasteiger partial charge on any atom is -0.468 e. The molecular weight excluding hydrogens is 294 g/mol. The maximum Gasteiger partial charge on any atom is 0.315 e. The lowest BCUT2D eigenvalue weighted by Crippen LogP contribution is -2.29. The van der Waals surface area contributed by atoms with Gasteiger partial charge in [-0.15, -0.1) is 0 Å². The summed E-state index contributed by atoms with van der Waals surface area (Å²) in [5.74, 6) is -1.99. The van der Waals surface area contributed by atoms with E-state index in [-0.39, 0.29) is 16.7 Å². The van der Waals surface area contributed by atoms with Crippen LogP contribution in [0.25, 0.3) is 0 Å². The predicted molar refractivity (Wildman–Crippen MR) is 77.6 cm³/mol. The number of nitrogens with two attached hydrogens (primary N) is 1. The third-order valence-electron chi connectivity index (χ3n) is 3.44. The minimum atomic E-state index is -2.51. The number of hydrogen-bond donors (Lipinski definition) is 3. The number of carbonyl (C=O) groups is 1. The molecule has 21 heavy (non-hydrogen) atoms. The summed E-state index contributed by atoms with van der Waals surface area (Å²) in [6, 6.07) is 6.84. The fourth-order valence-corrected chi connectivity index (χ4v) is 3.10. The summed E-state index contributed by atoms with van der Waals surface area (Å²) >= 11 is 0. The molecule has 0 amide bonds. The molecule has 0 bridgehead atoms. The average molecular weight is 309 g/mol. The van der Waals surface area contributed by atoms with E-state index in [4.69, 9.17) is 15.9 Å². The van der Waals surface area contributed by atoms with E-state index in [0.29, 0.717) is 12.1 Å². The first-order valence-corrected chi connectivity index (χ1v) is 7.25. The van der Waals surface area contributed by atoms with E-state index in [9.17, 15) is 13.2 Å². The zero-order chi connectivity index (χ0) is 15.6. The van der Waals surface area contributed by atoms with Crippen LogP contribution in [0, 0.1) is 11.3 Å². The van der Waals surface area contributed by atoms with Gasteiger partial charge in [-0.2, -0.15) is 8.42 Å². The first kappa shape index (κ1) is 15.2. The highest BCUT2D eigenvalue weighted by Crippen LogP contribution is 2.30. The first-order valence-electron chi connectivity index (χ1n) is 6.18. The Hall–Kier alpha value is -2.19. The van der Waals surface area contributed by atoms with E-state index in [1.54, 1.807) is 24.3 Å². The Morgan fingerprint density at radius 3 is 2.76 bits per heavy atom. The van der Waals surface area contributed by atoms with Crippen molar-refractivity contribution in [2.24, 2.45) is 11.7 Å². The van der Waals surface area contributed by atoms with Gasteiger partial charge in [0.2, 0.25) is 10.3 Å². The van der Waals surface area contributed by atoms with Crippen molar-refractivity contribution in [2.45, 2.75) is 5.92 Å². The largest absolute Gasteiger partial charge is 0.468 e. The van der Waals surface area contributed by atoms with Crippen molar-refractivity contribution in [1.29, 1.82) is 5.41 Å². The average Bonchev–Trinajstić information content (AvgIpc) is 2.91. The molecule has 0 spiro atoms. The van der Waals surface area contributed by atoms with Crippen LogP contribution in [0.2, 0.25) is 0 Å². The highest BCUT2D eigenvalue weighted by molar-refractivity contribution is 7.73. The molecule has 1 aliphatic rings. The van der Waals surface area contributed by atoms with Crippen LogP contribution >= 0.6 is 0 Å². The molecule has 1 aromatic rings. The van der Waals surface area contributed by atoms with Gasteiger partial charge in [0, 0.05) is 18.0 Å². The summed E-state index contributed by atoms with van der Waals surface area (Å²) in [5.41, 5.74) is 6.70. The number of nitrogens with one attached hydrogen (secondary N) is 2. The van der Waals surface area contributed by atoms with Crippen LogP contribution in [0.1, 0.15) is 17.0 Å². The van der Waals surface area contributed by atoms with Gasteiger partial charge in [0.15, 0.2) is 0 Å². The zero-order valence-corrected chi connectivity index (χ0v) is 12.1. The Morgan fingerprint density at radius 1 is 1.48 bits per heavy atom. The summed E-state index contributed by atoms with van der Waals surface area (Å²) in [6.07, 6.45) is 0. The molecule has 7 nitrogen and oxygen atoms in total. The second kappa shape index (κ2) is 6.06. The van der Waals surface area contributed by atoms with Gasteiger partial charge in [0.05, 0.1) is 7.11 Å². The number of hydrogen-bond acceptors (Lipinski definition) is 5. The molecule has 0 aliphatic carbocycles. The Bertz CT molecular complexity index is 719. The fourth-order valence-electron chi connectivity index (χ4n) is 2.43. The molecule has 1 saturated heterocycles. The lowest BCUT2D eigenvalue weighted by Gasteiger charge is -2.17. The molecule has 2 rings (SSSR count). The van der Waals surface area contributed by atoms with Crippen LogP contribution in [0.5, 0.6) is 0 Å². The van der Waals surface area contributed by atoms with E-state index in [0.717, 1.165) is 5.56 Å². The van der Waals surface area contributed by atoms with Crippen molar-refractivity contribution in [3.05, 3.63) is 35.4 Å². The summed E-state index contributed by atoms with van der Waals surface area (Å²) < 4.78 is 27.1. The van der Waals surface area contributed by atoms with Crippen molar-refractivity contribution in [3.8, 4) is 0 Å². The number of nitrogen functional groups attached to an aromatic ring is 1. The van der Waals surface area contributed by atoms with Gasteiger partial charge in [-0.3, -0.25) is 15.5 Å². The third-order valence-corrected chi connectivity index (χ3v) is 4.20. The molecule has 112 valence electrons. The highest BCUT2D eigenvalue weighted by Gasteiger charge is 2.41. The van der Waals surface area contributed by atoms with Crippen molar-refractivity contribution >= 4 is 27.1 Å². The van der Waals surface area contributed by atoms with Crippen LogP contribution in [0.4, 0.5) is 0 Å². The molecule has 1 aromatic carbocycles. The van der Waals surface area contributed by atoms with Gasteiger partial charge in [0.25, 0.3) is 0 Å². The van der Waals surface area contributed by atoms with E-state index in [1.165, 1.54) is 7.11 Å². The Balaban J connectivity index is 2.48. The Morgan fingerprint density at radius 2 is 2.19 bits per heavy atom. The van der Waals surface area contributed by atoms with Gasteiger partial charge in [-0.25, -0.2) is 0 Å². The van der Waals surface area contributed by atoms with Gasteiger partial charge in [-0.05, 0) is 11.6 Å². The van der Waals surface area contributed by atoms with Gasteiger partial charge < -0.3 is 10.5 Å². The van der Waals surface area contributed by atoms with Crippen LogP contribution < -0.4 is 11.1 Å². The molecule has 4 N–H and O–H groups in total. The summed E-state index contributed by atoms with van der Waals surface area (Å²) in [4.78, 5) is 11.8. The predicted octanol–water partition coefficient (Wildman–Crippen LogP) is -0.544. The fraction of sp³-hybridized carbons (Fsp3) is 0.308. The number of rotatable bonds is 3. The number of benzene rings is 1. The number of amidine groups is 1. The maximum atomic E-state index is 11.9. The number of esters is 1. The molecule has 0 saturated carbocycles. The molecule has 2 unspecified atom stereocenters. The van der Waals surface area contributed by atoms with E-state index in [2.05, 4.69) is 5.32 Å². The molecule has 1 fully saturated rings. The summed E-state index contributed by atoms with van der Waals surface area (Å²) in [6.45, 7) is 0.296. The van der Waals surface area contributed by atoms with Crippen LogP contribution in [0.15, 0.2) is 24.3 Å². The standard InChI is InChI=1S/C13H15N3O4S/c1-20-13(17)10-9(6-16-12(10)21(18)19)7-3-2-4-8(5-7)11(14)15/h2-5,9-10,16H,6H2,1H3,(H3,14,15). The summed E-state index contributed by atoms with van der Waals surface area (Å²) in [7, 11) is -1.30. The van der Waals surface area contributed by atoms with Crippen molar-refractivity contribution < 1.29 is 17.9 Å². The Labute approximate surface area is 123 Å². The van der Waals surface area contributed by atoms with Crippen LogP contribution in [0.3, 0.4) is 0 Å². The SMILES string of the molecule is COC(=O)C1C(=S(=O)=O)NCC1c1cccc(C(=N)N)c1. The molecule has 8 heteroatoms. The van der Waals surface area contributed by atoms with Crippen molar-refractivity contribution in [1.82, 2.24) is 5.32 Å². The van der Waals surface area contributed by atoms with E-state index >= 15 is 0 Å².